The first-order valence-electron chi connectivity index (χ1n) is 21.7. The standard InChI is InChI=1S/C48H55N3O11S/c1-4-43(52)59-29-11-7-6-10-28-58-37-22-24-38(25-23-37)60-45(54)33-18-20-34(21-19-33)46(55)61-39-26-27-41(62-47(56)35-16-14-32(15-17-35)44(53)57-3)36(30-39)31-49-51(5-2)48-50-40-12-8-9-13-42(40)63-48/h4,8-9,12-13,22-27,30-35H,1,5-7,10-11,14-21,28-29H2,2-3H3/b49-31+. The van der Waals surface area contributed by atoms with Gasteiger partial charge >= 0.3 is 29.8 Å². The van der Waals surface area contributed by atoms with Gasteiger partial charge in [0.05, 0.1) is 60.4 Å². The van der Waals surface area contributed by atoms with Gasteiger partial charge < -0.3 is 28.4 Å². The maximum absolute atomic E-state index is 13.5. The zero-order valence-corrected chi connectivity index (χ0v) is 36.7. The molecule has 1 aromatic heterocycles. The lowest BCUT2D eigenvalue weighted by Crippen LogP contribution is -2.30. The lowest BCUT2D eigenvalue weighted by molar-refractivity contribution is -0.149. The third kappa shape index (κ3) is 13.5. The number of ether oxygens (including phenoxy) is 6. The molecular weight excluding hydrogens is 827 g/mol. The Morgan fingerprint density at radius 2 is 1.27 bits per heavy atom. The fourth-order valence-electron chi connectivity index (χ4n) is 7.62. The van der Waals surface area contributed by atoms with E-state index in [9.17, 15) is 24.0 Å². The zero-order valence-electron chi connectivity index (χ0n) is 35.9. The first-order valence-corrected chi connectivity index (χ1v) is 22.5. The van der Waals surface area contributed by atoms with Gasteiger partial charge in [-0.15, -0.1) is 0 Å². The van der Waals surface area contributed by atoms with Crippen molar-refractivity contribution in [3.8, 4) is 23.0 Å². The van der Waals surface area contributed by atoms with Crippen LogP contribution in [0.3, 0.4) is 0 Å². The summed E-state index contributed by atoms with van der Waals surface area (Å²) in [4.78, 5) is 67.8. The van der Waals surface area contributed by atoms with E-state index in [1.54, 1.807) is 53.7 Å². The number of aromatic nitrogens is 1. The number of nitrogens with zero attached hydrogens (tertiary/aromatic N) is 3. The molecule has 3 aromatic carbocycles. The number of benzene rings is 3. The van der Waals surface area contributed by atoms with E-state index in [0.29, 0.717) is 93.3 Å². The molecule has 0 amide bonds. The molecule has 4 aromatic rings. The van der Waals surface area contributed by atoms with Gasteiger partial charge in [-0.2, -0.15) is 5.10 Å². The number of unbranched alkanes of at least 4 members (excludes halogenated alkanes) is 3. The number of carbonyl (C=O) groups excluding carboxylic acids is 5. The van der Waals surface area contributed by atoms with Crippen LogP contribution < -0.4 is 24.0 Å². The molecule has 15 heteroatoms. The van der Waals surface area contributed by atoms with Gasteiger partial charge in [0.25, 0.3) is 0 Å². The Bertz CT molecular complexity index is 2190. The molecular formula is C48H55N3O11S. The van der Waals surface area contributed by atoms with E-state index in [0.717, 1.165) is 42.0 Å². The highest BCUT2D eigenvalue weighted by Crippen LogP contribution is 2.35. The topological polar surface area (TPSA) is 169 Å². The van der Waals surface area contributed by atoms with E-state index >= 15 is 0 Å². The maximum Gasteiger partial charge on any atom is 0.330 e. The van der Waals surface area contributed by atoms with Crippen LogP contribution in [0.2, 0.25) is 0 Å². The van der Waals surface area contributed by atoms with Crippen molar-refractivity contribution in [2.45, 2.75) is 84.0 Å². The van der Waals surface area contributed by atoms with Crippen LogP contribution in [0.1, 0.15) is 89.5 Å². The second-order valence-electron chi connectivity index (χ2n) is 15.6. The van der Waals surface area contributed by atoms with Gasteiger partial charge in [0, 0.05) is 18.2 Å². The molecule has 2 aliphatic rings. The van der Waals surface area contributed by atoms with Gasteiger partial charge in [0.2, 0.25) is 5.13 Å². The number of hydrogen-bond donors (Lipinski definition) is 0. The molecule has 0 bridgehead atoms. The molecule has 0 spiro atoms. The van der Waals surface area contributed by atoms with Gasteiger partial charge in [-0.25, -0.2) is 14.8 Å². The van der Waals surface area contributed by atoms with Gasteiger partial charge in [-0.3, -0.25) is 19.2 Å². The Balaban J connectivity index is 1.01. The van der Waals surface area contributed by atoms with Crippen LogP contribution in [0.15, 0.2) is 84.5 Å². The van der Waals surface area contributed by atoms with Crippen LogP contribution in [-0.4, -0.2) is 67.9 Å². The van der Waals surface area contributed by atoms with Crippen LogP contribution >= 0.6 is 11.3 Å². The number of para-hydroxylation sites is 1. The summed E-state index contributed by atoms with van der Waals surface area (Å²) in [7, 11) is 1.37. The van der Waals surface area contributed by atoms with E-state index in [-0.39, 0.29) is 41.2 Å². The van der Waals surface area contributed by atoms with Crippen molar-refractivity contribution in [1.29, 1.82) is 0 Å². The fraction of sp³-hybridized carbons (Fsp3) is 0.438. The SMILES string of the molecule is C=CC(=O)OCCCCCCOc1ccc(OC(=O)C2CCC(C(=O)Oc3ccc(OC(=O)C4CCC(C(=O)OC)CC4)c(/C=N/N(CC)c4nc5ccccc5s4)c3)CC2)cc1. The Labute approximate surface area is 371 Å². The molecule has 334 valence electrons. The lowest BCUT2D eigenvalue weighted by Gasteiger charge is -2.26. The summed E-state index contributed by atoms with van der Waals surface area (Å²) in [6.45, 7) is 6.77. The second-order valence-corrected chi connectivity index (χ2v) is 16.6. The highest BCUT2D eigenvalue weighted by atomic mass is 32.1. The summed E-state index contributed by atoms with van der Waals surface area (Å²) in [5.41, 5.74) is 1.29. The number of carbonyl (C=O) groups is 5. The predicted octanol–water partition coefficient (Wildman–Crippen LogP) is 9.03. The van der Waals surface area contributed by atoms with Crippen molar-refractivity contribution in [1.82, 2.24) is 4.98 Å². The maximum atomic E-state index is 13.5. The van der Waals surface area contributed by atoms with E-state index in [1.165, 1.54) is 18.4 Å². The third-order valence-corrected chi connectivity index (χ3v) is 12.3. The minimum absolute atomic E-state index is 0.227. The number of esters is 5. The molecule has 14 nitrogen and oxygen atoms in total. The Morgan fingerprint density at radius 3 is 1.87 bits per heavy atom. The molecule has 2 saturated carbocycles. The molecule has 0 N–H and O–H groups in total. The van der Waals surface area contributed by atoms with Crippen LogP contribution in [0.5, 0.6) is 23.0 Å². The van der Waals surface area contributed by atoms with Crippen molar-refractivity contribution in [3.63, 3.8) is 0 Å². The largest absolute Gasteiger partial charge is 0.494 e. The van der Waals surface area contributed by atoms with Crippen LogP contribution in [-0.2, 0) is 33.4 Å². The van der Waals surface area contributed by atoms with Crippen LogP contribution in [0, 0.1) is 23.7 Å². The molecule has 0 atom stereocenters. The molecule has 0 radical (unpaired) electrons. The molecule has 0 saturated heterocycles. The number of rotatable bonds is 20. The molecule has 1 heterocycles. The number of anilines is 1. The quantitative estimate of drug-likeness (QED) is 0.0206. The average molecular weight is 882 g/mol. The van der Waals surface area contributed by atoms with Gasteiger partial charge in [0.15, 0.2) is 0 Å². The zero-order chi connectivity index (χ0) is 44.6. The average Bonchev–Trinajstić information content (AvgIpc) is 3.75. The molecule has 2 fully saturated rings. The van der Waals surface area contributed by atoms with Gasteiger partial charge in [-0.05, 0) is 139 Å². The highest BCUT2D eigenvalue weighted by Gasteiger charge is 2.34. The molecule has 6 rings (SSSR count). The van der Waals surface area contributed by atoms with Crippen molar-refractivity contribution in [2.24, 2.45) is 28.8 Å². The van der Waals surface area contributed by atoms with Crippen molar-refractivity contribution >= 4 is 62.7 Å². The number of methoxy groups -OCH3 is 1. The minimum atomic E-state index is -0.412. The van der Waals surface area contributed by atoms with E-state index in [4.69, 9.17) is 38.5 Å². The summed E-state index contributed by atoms with van der Waals surface area (Å²) in [5, 5.41) is 7.15. The summed E-state index contributed by atoms with van der Waals surface area (Å²) in [5.74, 6) is -1.58. The van der Waals surface area contributed by atoms with Gasteiger partial charge in [-0.1, -0.05) is 30.0 Å². The molecule has 0 aliphatic heterocycles. The summed E-state index contributed by atoms with van der Waals surface area (Å²) < 4.78 is 34.2. The smallest absolute Gasteiger partial charge is 0.330 e. The summed E-state index contributed by atoms with van der Waals surface area (Å²) >= 11 is 1.51. The minimum Gasteiger partial charge on any atom is -0.494 e. The monoisotopic (exact) mass is 881 g/mol. The third-order valence-electron chi connectivity index (χ3n) is 11.3. The van der Waals surface area contributed by atoms with E-state index in [2.05, 4.69) is 6.58 Å². The van der Waals surface area contributed by atoms with Crippen LogP contribution in [0.25, 0.3) is 10.2 Å². The Kier molecular flexibility index (Phi) is 17.2. The van der Waals surface area contributed by atoms with Crippen molar-refractivity contribution < 1.29 is 52.4 Å². The number of hydrazone groups is 1. The molecule has 2 aliphatic carbocycles. The van der Waals surface area contributed by atoms with E-state index < -0.39 is 23.8 Å². The predicted molar refractivity (Wildman–Crippen MR) is 238 cm³/mol. The fourth-order valence-corrected chi connectivity index (χ4v) is 8.61. The lowest BCUT2D eigenvalue weighted by atomic mass is 9.82. The Morgan fingerprint density at radius 1 is 0.714 bits per heavy atom. The van der Waals surface area contributed by atoms with Crippen molar-refractivity contribution in [2.75, 3.05) is 31.9 Å². The number of thiazole rings is 1. The Hall–Kier alpha value is -6.09. The highest BCUT2D eigenvalue weighted by molar-refractivity contribution is 7.22. The summed E-state index contributed by atoms with van der Waals surface area (Å²) in [6, 6.07) is 19.6. The normalized spacial score (nSPS) is 18.6. The second kappa shape index (κ2) is 23.4. The first kappa shape index (κ1) is 46.4. The number of hydrogen-bond acceptors (Lipinski definition) is 15. The van der Waals surface area contributed by atoms with E-state index in [1.807, 2.05) is 31.2 Å². The van der Waals surface area contributed by atoms with Crippen molar-refractivity contribution in [3.05, 3.63) is 84.9 Å². The molecule has 0 unspecified atom stereocenters. The molecule has 63 heavy (non-hydrogen) atoms. The number of fused-ring (bicyclic) bond motifs is 1. The summed E-state index contributed by atoms with van der Waals surface area (Å²) in [6.07, 6.45) is 10.2. The van der Waals surface area contributed by atoms with Crippen LogP contribution in [0.4, 0.5) is 5.13 Å². The first-order chi connectivity index (χ1) is 30.6. The van der Waals surface area contributed by atoms with Gasteiger partial charge in [0.1, 0.15) is 23.0 Å².